The fourth-order valence-corrected chi connectivity index (χ4v) is 3.31. The third kappa shape index (κ3) is 2.85. The topological polar surface area (TPSA) is 32.3 Å². The van der Waals surface area contributed by atoms with Crippen molar-refractivity contribution in [2.24, 2.45) is 0 Å². The first-order chi connectivity index (χ1) is 10.1. The summed E-state index contributed by atoms with van der Waals surface area (Å²) in [6.45, 7) is 1.63. The first-order valence-electron chi connectivity index (χ1n) is 6.77. The Morgan fingerprint density at radius 1 is 1.24 bits per heavy atom. The third-order valence-electron chi connectivity index (χ3n) is 3.67. The maximum absolute atomic E-state index is 6.35. The molecule has 2 aromatic rings. The minimum absolute atomic E-state index is 0.741. The third-order valence-corrected chi connectivity index (χ3v) is 4.76. The summed E-state index contributed by atoms with van der Waals surface area (Å²) in [5, 5.41) is 0.807. The standard InChI is InChI=1S/C15H16BrClN4/c1-20(2)14-5-7-18-15(19-14)21-8-6-10-11(9-21)13(17)4-3-12(10)16/h3-5,7H,6,8-9H2,1-2H3. The number of aromatic nitrogens is 2. The molecule has 1 aliphatic heterocycles. The van der Waals surface area contributed by atoms with Crippen molar-refractivity contribution in [1.82, 2.24) is 9.97 Å². The number of halogens is 2. The van der Waals surface area contributed by atoms with E-state index >= 15 is 0 Å². The average molecular weight is 368 g/mol. The lowest BCUT2D eigenvalue weighted by atomic mass is 10.00. The molecular weight excluding hydrogens is 352 g/mol. The molecule has 2 heterocycles. The van der Waals surface area contributed by atoms with Gasteiger partial charge in [0.25, 0.3) is 0 Å². The molecule has 0 saturated carbocycles. The highest BCUT2D eigenvalue weighted by Gasteiger charge is 2.22. The lowest BCUT2D eigenvalue weighted by molar-refractivity contribution is 0.705. The molecule has 0 N–H and O–H groups in total. The van der Waals surface area contributed by atoms with E-state index in [4.69, 9.17) is 11.6 Å². The van der Waals surface area contributed by atoms with Gasteiger partial charge in [-0.25, -0.2) is 4.98 Å². The summed E-state index contributed by atoms with van der Waals surface area (Å²) in [7, 11) is 3.96. The van der Waals surface area contributed by atoms with Crippen molar-refractivity contribution in [3.63, 3.8) is 0 Å². The van der Waals surface area contributed by atoms with E-state index in [1.54, 1.807) is 6.20 Å². The number of rotatable bonds is 2. The van der Waals surface area contributed by atoms with Crippen molar-refractivity contribution in [2.45, 2.75) is 13.0 Å². The smallest absolute Gasteiger partial charge is 0.227 e. The van der Waals surface area contributed by atoms with E-state index in [0.29, 0.717) is 0 Å². The Hall–Kier alpha value is -1.33. The summed E-state index contributed by atoms with van der Waals surface area (Å²) < 4.78 is 1.13. The zero-order valence-electron chi connectivity index (χ0n) is 12.0. The predicted octanol–water partition coefficient (Wildman–Crippen LogP) is 3.52. The van der Waals surface area contributed by atoms with Gasteiger partial charge in [-0.05, 0) is 35.7 Å². The van der Waals surface area contributed by atoms with Gasteiger partial charge in [0, 0.05) is 42.9 Å². The van der Waals surface area contributed by atoms with Crippen LogP contribution in [0.15, 0.2) is 28.9 Å². The van der Waals surface area contributed by atoms with Crippen molar-refractivity contribution in [2.75, 3.05) is 30.4 Å². The minimum atomic E-state index is 0.741. The highest BCUT2D eigenvalue weighted by molar-refractivity contribution is 9.10. The van der Waals surface area contributed by atoms with Gasteiger partial charge >= 0.3 is 0 Å². The van der Waals surface area contributed by atoms with Crippen LogP contribution in [-0.4, -0.2) is 30.6 Å². The molecule has 0 aliphatic carbocycles. The van der Waals surface area contributed by atoms with E-state index in [9.17, 15) is 0 Å². The zero-order valence-corrected chi connectivity index (χ0v) is 14.3. The van der Waals surface area contributed by atoms with Crippen LogP contribution in [0.5, 0.6) is 0 Å². The van der Waals surface area contributed by atoms with Gasteiger partial charge in [-0.1, -0.05) is 27.5 Å². The van der Waals surface area contributed by atoms with Crippen LogP contribution in [0.4, 0.5) is 11.8 Å². The molecule has 0 spiro atoms. The van der Waals surface area contributed by atoms with Gasteiger partial charge in [0.05, 0.1) is 0 Å². The van der Waals surface area contributed by atoms with Crippen LogP contribution in [-0.2, 0) is 13.0 Å². The van der Waals surface area contributed by atoms with E-state index in [2.05, 4.69) is 30.8 Å². The number of benzene rings is 1. The fraction of sp³-hybridized carbons (Fsp3) is 0.333. The first kappa shape index (κ1) is 14.6. The molecular formula is C15H16BrClN4. The van der Waals surface area contributed by atoms with E-state index in [0.717, 1.165) is 46.3 Å². The number of hydrogen-bond donors (Lipinski definition) is 0. The summed E-state index contributed by atoms with van der Waals surface area (Å²) >= 11 is 9.96. The normalized spacial score (nSPS) is 14.0. The minimum Gasteiger partial charge on any atom is -0.363 e. The highest BCUT2D eigenvalue weighted by atomic mass is 79.9. The van der Waals surface area contributed by atoms with Crippen molar-refractivity contribution < 1.29 is 0 Å². The lowest BCUT2D eigenvalue weighted by Crippen LogP contribution is -2.32. The van der Waals surface area contributed by atoms with Crippen molar-refractivity contribution in [3.8, 4) is 0 Å². The van der Waals surface area contributed by atoms with E-state index < -0.39 is 0 Å². The van der Waals surface area contributed by atoms with Gasteiger partial charge in [0.15, 0.2) is 0 Å². The van der Waals surface area contributed by atoms with Gasteiger partial charge < -0.3 is 9.80 Å². The van der Waals surface area contributed by atoms with Crippen LogP contribution in [0.1, 0.15) is 11.1 Å². The Labute approximate surface area is 137 Å². The van der Waals surface area contributed by atoms with Gasteiger partial charge in [-0.2, -0.15) is 4.98 Å². The van der Waals surface area contributed by atoms with Gasteiger partial charge in [0.1, 0.15) is 5.82 Å². The second-order valence-electron chi connectivity index (χ2n) is 5.27. The SMILES string of the molecule is CN(C)c1ccnc(N2CCc3c(Br)ccc(Cl)c3C2)n1. The Morgan fingerprint density at radius 2 is 2.05 bits per heavy atom. The molecule has 0 unspecified atom stereocenters. The Morgan fingerprint density at radius 3 is 2.81 bits per heavy atom. The maximum Gasteiger partial charge on any atom is 0.227 e. The van der Waals surface area contributed by atoms with Gasteiger partial charge in [0.2, 0.25) is 5.95 Å². The van der Waals surface area contributed by atoms with E-state index in [-0.39, 0.29) is 0 Å². The van der Waals surface area contributed by atoms with Crippen LogP contribution in [0.2, 0.25) is 5.02 Å². The molecule has 4 nitrogen and oxygen atoms in total. The van der Waals surface area contributed by atoms with Crippen molar-refractivity contribution >= 4 is 39.3 Å². The second-order valence-corrected chi connectivity index (χ2v) is 6.53. The average Bonchev–Trinajstić information content (AvgIpc) is 2.51. The largest absolute Gasteiger partial charge is 0.363 e. The lowest BCUT2D eigenvalue weighted by Gasteiger charge is -2.30. The van der Waals surface area contributed by atoms with E-state index in [1.807, 2.05) is 37.2 Å². The second kappa shape index (κ2) is 5.81. The summed E-state index contributed by atoms with van der Waals surface area (Å²) in [5.41, 5.74) is 2.46. The molecule has 0 saturated heterocycles. The summed E-state index contributed by atoms with van der Waals surface area (Å²) in [4.78, 5) is 13.2. The molecule has 0 fully saturated rings. The first-order valence-corrected chi connectivity index (χ1v) is 7.94. The van der Waals surface area contributed by atoms with Gasteiger partial charge in [-0.15, -0.1) is 0 Å². The number of fused-ring (bicyclic) bond motifs is 1. The van der Waals surface area contributed by atoms with Crippen molar-refractivity contribution in [1.29, 1.82) is 0 Å². The molecule has 1 aromatic heterocycles. The maximum atomic E-state index is 6.35. The quantitative estimate of drug-likeness (QED) is 0.813. The molecule has 21 heavy (non-hydrogen) atoms. The molecule has 1 aromatic carbocycles. The molecule has 0 bridgehead atoms. The van der Waals surface area contributed by atoms with Gasteiger partial charge in [-0.3, -0.25) is 0 Å². The molecule has 3 rings (SSSR count). The molecule has 0 amide bonds. The molecule has 0 radical (unpaired) electrons. The van der Waals surface area contributed by atoms with Crippen LogP contribution in [0.25, 0.3) is 0 Å². The molecule has 6 heteroatoms. The van der Waals surface area contributed by atoms with Crippen molar-refractivity contribution in [3.05, 3.63) is 45.0 Å². The highest BCUT2D eigenvalue weighted by Crippen LogP contribution is 2.33. The van der Waals surface area contributed by atoms with E-state index in [1.165, 1.54) is 5.56 Å². The summed E-state index contributed by atoms with van der Waals surface area (Å²) in [6.07, 6.45) is 2.74. The molecule has 110 valence electrons. The van der Waals surface area contributed by atoms with Crippen LogP contribution >= 0.6 is 27.5 Å². The molecule has 0 atom stereocenters. The zero-order chi connectivity index (χ0) is 15.0. The summed E-state index contributed by atoms with van der Waals surface area (Å²) in [5.74, 6) is 1.66. The summed E-state index contributed by atoms with van der Waals surface area (Å²) in [6, 6.07) is 5.86. The predicted molar refractivity (Wildman–Crippen MR) is 90.3 cm³/mol. The number of anilines is 2. The Bertz CT molecular complexity index is 675. The van der Waals surface area contributed by atoms with Crippen LogP contribution in [0.3, 0.4) is 0 Å². The van der Waals surface area contributed by atoms with Crippen LogP contribution < -0.4 is 9.80 Å². The fourth-order valence-electron chi connectivity index (χ4n) is 2.51. The monoisotopic (exact) mass is 366 g/mol. The number of hydrogen-bond acceptors (Lipinski definition) is 4. The Balaban J connectivity index is 1.93. The molecule has 1 aliphatic rings. The Kier molecular flexibility index (Phi) is 4.04. The van der Waals surface area contributed by atoms with Crippen LogP contribution in [0, 0.1) is 0 Å². The number of nitrogens with zero attached hydrogens (tertiary/aromatic N) is 4.